The van der Waals surface area contributed by atoms with Gasteiger partial charge in [0.05, 0.1) is 5.56 Å². The highest BCUT2D eigenvalue weighted by Crippen LogP contribution is 2.41. The highest BCUT2D eigenvalue weighted by Gasteiger charge is 2.35. The van der Waals surface area contributed by atoms with Crippen molar-refractivity contribution in [2.24, 2.45) is 0 Å². The Bertz CT molecular complexity index is 462. The maximum Gasteiger partial charge on any atom is 0.446 e. The number of ketones is 1. The Hall–Kier alpha value is -1.18. The molecule has 0 aliphatic rings. The van der Waals surface area contributed by atoms with Crippen LogP contribution in [0, 0.1) is 0 Å². The Kier molecular flexibility index (Phi) is 3.99. The van der Waals surface area contributed by atoms with E-state index in [1.165, 1.54) is 0 Å². The molecule has 0 amide bonds. The maximum absolute atomic E-state index is 12.4. The largest absolute Gasteiger partial charge is 0.446 e. The molecule has 100 valence electrons. The van der Waals surface area contributed by atoms with Crippen LogP contribution in [-0.4, -0.2) is 11.3 Å². The molecule has 1 aromatic carbocycles. The van der Waals surface area contributed by atoms with Gasteiger partial charge < -0.3 is 0 Å². The van der Waals surface area contributed by atoms with Crippen molar-refractivity contribution in [3.05, 3.63) is 29.3 Å². The predicted octanol–water partition coefficient (Wildman–Crippen LogP) is 4.52. The molecule has 0 unspecified atom stereocenters. The minimum absolute atomic E-state index is 0.328. The zero-order valence-corrected chi connectivity index (χ0v) is 9.63. The summed E-state index contributed by atoms with van der Waals surface area (Å²) in [5.74, 6) is -0.726. The fourth-order valence-electron chi connectivity index (χ4n) is 1.20. The van der Waals surface area contributed by atoms with Crippen LogP contribution in [0.2, 0.25) is 0 Å². The molecule has 0 fully saturated rings. The Morgan fingerprint density at radius 2 is 1.67 bits per heavy atom. The van der Waals surface area contributed by atoms with E-state index in [1.807, 2.05) is 0 Å². The Morgan fingerprint density at radius 3 is 2.06 bits per heavy atom. The Morgan fingerprint density at radius 1 is 1.11 bits per heavy atom. The maximum atomic E-state index is 12.4. The van der Waals surface area contributed by atoms with Gasteiger partial charge in [-0.3, -0.25) is 4.79 Å². The molecule has 8 heteroatoms. The van der Waals surface area contributed by atoms with E-state index in [-0.39, 0.29) is 5.56 Å². The fourth-order valence-corrected chi connectivity index (χ4v) is 1.96. The number of benzene rings is 1. The third kappa shape index (κ3) is 3.94. The summed E-state index contributed by atoms with van der Waals surface area (Å²) < 4.78 is 73.6. The zero-order chi connectivity index (χ0) is 14.1. The number of carbonyl (C=O) groups is 1. The average molecular weight is 288 g/mol. The summed E-state index contributed by atoms with van der Waals surface area (Å²) >= 11 is -0.735. The molecule has 0 radical (unpaired) electrons. The predicted molar refractivity (Wildman–Crippen MR) is 53.4 cm³/mol. The standard InChI is InChI=1S/C10H6F6OS/c1-5(17)7-3-2-6(9(11,12)13)4-8(7)18-10(14,15)16/h2-4H,1H3. The summed E-state index contributed by atoms with van der Waals surface area (Å²) in [6.07, 6.45) is -4.75. The van der Waals surface area contributed by atoms with Crippen LogP contribution in [0.3, 0.4) is 0 Å². The Balaban J connectivity index is 3.29. The monoisotopic (exact) mass is 288 g/mol. The lowest BCUT2D eigenvalue weighted by atomic mass is 10.1. The van der Waals surface area contributed by atoms with Crippen LogP contribution in [0.4, 0.5) is 26.3 Å². The molecular weight excluding hydrogens is 282 g/mol. The Labute approximate surface area is 102 Å². The average Bonchev–Trinajstić information content (AvgIpc) is 2.12. The van der Waals surface area contributed by atoms with Gasteiger partial charge in [-0.25, -0.2) is 0 Å². The molecule has 0 aliphatic heterocycles. The summed E-state index contributed by atoms with van der Waals surface area (Å²) in [6.45, 7) is 0.989. The van der Waals surface area contributed by atoms with Gasteiger partial charge in [0, 0.05) is 10.5 Å². The van der Waals surface area contributed by atoms with Crippen LogP contribution < -0.4 is 0 Å². The molecule has 1 aromatic rings. The lowest BCUT2D eigenvalue weighted by Gasteiger charge is -2.13. The molecule has 1 nitrogen and oxygen atoms in total. The topological polar surface area (TPSA) is 17.1 Å². The second kappa shape index (κ2) is 4.83. The second-order valence-corrected chi connectivity index (χ2v) is 4.42. The van der Waals surface area contributed by atoms with E-state index in [0.717, 1.165) is 13.0 Å². The van der Waals surface area contributed by atoms with Gasteiger partial charge in [0.2, 0.25) is 0 Å². The molecule has 0 bridgehead atoms. The first kappa shape index (κ1) is 14.9. The number of rotatable bonds is 2. The summed E-state index contributed by atoms with van der Waals surface area (Å²) in [5.41, 5.74) is -6.36. The van der Waals surface area contributed by atoms with Gasteiger partial charge in [-0.2, -0.15) is 26.3 Å². The molecule has 0 aliphatic carbocycles. The first-order valence-corrected chi connectivity index (χ1v) is 5.30. The lowest BCUT2D eigenvalue weighted by molar-refractivity contribution is -0.137. The molecule has 0 heterocycles. The number of hydrogen-bond donors (Lipinski definition) is 0. The van der Waals surface area contributed by atoms with Crippen molar-refractivity contribution >= 4 is 17.5 Å². The van der Waals surface area contributed by atoms with Crippen molar-refractivity contribution in [1.29, 1.82) is 0 Å². The van der Waals surface area contributed by atoms with Gasteiger partial charge in [-0.15, -0.1) is 0 Å². The number of halogens is 6. The van der Waals surface area contributed by atoms with E-state index in [9.17, 15) is 31.1 Å². The molecule has 0 atom stereocenters. The van der Waals surface area contributed by atoms with Crippen LogP contribution >= 0.6 is 11.8 Å². The van der Waals surface area contributed by atoms with Crippen LogP contribution in [-0.2, 0) is 6.18 Å². The number of carbonyl (C=O) groups excluding carboxylic acids is 1. The van der Waals surface area contributed by atoms with Crippen LogP contribution in [0.1, 0.15) is 22.8 Å². The van der Waals surface area contributed by atoms with Crippen molar-refractivity contribution in [1.82, 2.24) is 0 Å². The van der Waals surface area contributed by atoms with Gasteiger partial charge in [0.15, 0.2) is 5.78 Å². The molecule has 0 aromatic heterocycles. The van der Waals surface area contributed by atoms with Crippen LogP contribution in [0.5, 0.6) is 0 Å². The van der Waals surface area contributed by atoms with Gasteiger partial charge in [-0.05, 0) is 36.9 Å². The highest BCUT2D eigenvalue weighted by molar-refractivity contribution is 8.00. The van der Waals surface area contributed by atoms with Crippen molar-refractivity contribution in [2.45, 2.75) is 23.5 Å². The van der Waals surface area contributed by atoms with E-state index in [2.05, 4.69) is 0 Å². The van der Waals surface area contributed by atoms with Gasteiger partial charge >= 0.3 is 11.7 Å². The van der Waals surface area contributed by atoms with E-state index >= 15 is 0 Å². The smallest absolute Gasteiger partial charge is 0.294 e. The number of hydrogen-bond acceptors (Lipinski definition) is 2. The van der Waals surface area contributed by atoms with E-state index in [4.69, 9.17) is 0 Å². The summed E-state index contributed by atoms with van der Waals surface area (Å²) in [6, 6.07) is 1.66. The van der Waals surface area contributed by atoms with E-state index < -0.39 is 39.7 Å². The van der Waals surface area contributed by atoms with Crippen molar-refractivity contribution in [2.75, 3.05) is 0 Å². The molecular formula is C10H6F6OS. The third-order valence-electron chi connectivity index (χ3n) is 1.91. The summed E-state index contributed by atoms with van der Waals surface area (Å²) in [7, 11) is 0. The van der Waals surface area contributed by atoms with Gasteiger partial charge in [-0.1, -0.05) is 0 Å². The molecule has 1 rings (SSSR count). The second-order valence-electron chi connectivity index (χ2n) is 3.31. The van der Waals surface area contributed by atoms with Gasteiger partial charge in [0.25, 0.3) is 0 Å². The first-order chi connectivity index (χ1) is 8.00. The minimum atomic E-state index is -4.76. The normalized spacial score (nSPS) is 12.6. The number of thioether (sulfide) groups is 1. The molecule has 0 N–H and O–H groups in total. The van der Waals surface area contributed by atoms with Gasteiger partial charge in [0.1, 0.15) is 0 Å². The van der Waals surface area contributed by atoms with Crippen LogP contribution in [0.25, 0.3) is 0 Å². The first-order valence-electron chi connectivity index (χ1n) is 4.48. The van der Waals surface area contributed by atoms with Crippen molar-refractivity contribution in [3.8, 4) is 0 Å². The molecule has 0 spiro atoms. The summed E-state index contributed by atoms with van der Waals surface area (Å²) in [5, 5.41) is 0. The molecule has 0 saturated carbocycles. The fraction of sp³-hybridized carbons (Fsp3) is 0.300. The lowest BCUT2D eigenvalue weighted by Crippen LogP contribution is -2.08. The molecule has 18 heavy (non-hydrogen) atoms. The summed E-state index contributed by atoms with van der Waals surface area (Å²) in [4.78, 5) is 10.3. The zero-order valence-electron chi connectivity index (χ0n) is 8.82. The van der Waals surface area contributed by atoms with E-state index in [0.29, 0.717) is 12.1 Å². The highest BCUT2D eigenvalue weighted by atomic mass is 32.2. The van der Waals surface area contributed by atoms with Crippen molar-refractivity contribution in [3.63, 3.8) is 0 Å². The van der Waals surface area contributed by atoms with Crippen LogP contribution in [0.15, 0.2) is 23.1 Å². The third-order valence-corrected chi connectivity index (χ3v) is 2.70. The minimum Gasteiger partial charge on any atom is -0.294 e. The van der Waals surface area contributed by atoms with Crippen molar-refractivity contribution < 1.29 is 31.1 Å². The number of alkyl halides is 6. The molecule has 0 saturated heterocycles. The van der Waals surface area contributed by atoms with E-state index in [1.54, 1.807) is 0 Å². The quantitative estimate of drug-likeness (QED) is 0.452. The number of Topliss-reactive ketones (excluding diaryl/α,β-unsaturated/α-hetero) is 1. The SMILES string of the molecule is CC(=O)c1ccc(C(F)(F)F)cc1SC(F)(F)F.